The standard InChI is InChI=1S/C19H24O3/c1-21-16-5-3-15(4-6-16)19-9-12-7-13(10-19)17(18(20)22-2)14(8-12)11-19/h3-6,12-14,17H,7-11H2,1-2H3. The maximum absolute atomic E-state index is 12.2. The van der Waals surface area contributed by atoms with E-state index in [1.807, 2.05) is 0 Å². The number of esters is 1. The van der Waals surface area contributed by atoms with Crippen molar-refractivity contribution in [2.24, 2.45) is 23.7 Å². The summed E-state index contributed by atoms with van der Waals surface area (Å²) in [7, 11) is 3.24. The molecule has 4 aliphatic rings. The SMILES string of the molecule is COC(=O)C1C2CC3CC1CC(c1ccc(OC)cc1)(C3)C2. The van der Waals surface area contributed by atoms with E-state index >= 15 is 0 Å². The van der Waals surface area contributed by atoms with Gasteiger partial charge in [-0.15, -0.1) is 0 Å². The summed E-state index contributed by atoms with van der Waals surface area (Å²) in [6.07, 6.45) is 6.01. The van der Waals surface area contributed by atoms with E-state index in [0.29, 0.717) is 11.8 Å². The van der Waals surface area contributed by atoms with E-state index in [1.165, 1.54) is 31.9 Å². The zero-order valence-electron chi connectivity index (χ0n) is 13.4. The molecule has 0 amide bonds. The second-order valence-electron chi connectivity index (χ2n) is 7.53. The first-order valence-corrected chi connectivity index (χ1v) is 8.37. The zero-order chi connectivity index (χ0) is 15.3. The van der Waals surface area contributed by atoms with Gasteiger partial charge < -0.3 is 9.47 Å². The van der Waals surface area contributed by atoms with E-state index in [0.717, 1.165) is 24.5 Å². The second-order valence-corrected chi connectivity index (χ2v) is 7.53. The summed E-state index contributed by atoms with van der Waals surface area (Å²) in [5.74, 6) is 2.91. The molecule has 0 aromatic heterocycles. The van der Waals surface area contributed by atoms with Gasteiger partial charge in [0.2, 0.25) is 0 Å². The molecule has 1 aromatic carbocycles. The summed E-state index contributed by atoms with van der Waals surface area (Å²) < 4.78 is 10.4. The van der Waals surface area contributed by atoms with Crippen molar-refractivity contribution in [1.82, 2.24) is 0 Å². The third kappa shape index (κ3) is 1.98. The number of carbonyl (C=O) groups is 1. The lowest BCUT2D eigenvalue weighted by molar-refractivity contribution is -0.161. The Balaban J connectivity index is 1.66. The predicted octanol–water partition coefficient (Wildman–Crippen LogP) is 3.56. The van der Waals surface area contributed by atoms with Crippen molar-refractivity contribution >= 4 is 5.97 Å². The molecule has 0 spiro atoms. The monoisotopic (exact) mass is 300 g/mol. The van der Waals surface area contributed by atoms with Crippen molar-refractivity contribution in [1.29, 1.82) is 0 Å². The molecule has 4 saturated carbocycles. The average Bonchev–Trinajstić information content (AvgIpc) is 2.53. The highest BCUT2D eigenvalue weighted by Crippen LogP contribution is 2.63. The van der Waals surface area contributed by atoms with Crippen LogP contribution in [0.2, 0.25) is 0 Å². The van der Waals surface area contributed by atoms with Gasteiger partial charge >= 0.3 is 5.97 Å². The number of hydrogen-bond donors (Lipinski definition) is 0. The Morgan fingerprint density at radius 2 is 1.68 bits per heavy atom. The van der Waals surface area contributed by atoms with Crippen LogP contribution in [0.25, 0.3) is 0 Å². The minimum atomic E-state index is 0.0266. The van der Waals surface area contributed by atoms with Crippen LogP contribution in [0, 0.1) is 23.7 Å². The Labute approximate surface area is 132 Å². The van der Waals surface area contributed by atoms with Crippen LogP contribution in [0.1, 0.15) is 37.7 Å². The van der Waals surface area contributed by atoms with Gasteiger partial charge in [-0.2, -0.15) is 0 Å². The lowest BCUT2D eigenvalue weighted by Crippen LogP contribution is -2.55. The topological polar surface area (TPSA) is 35.5 Å². The van der Waals surface area contributed by atoms with Gasteiger partial charge in [0, 0.05) is 0 Å². The van der Waals surface area contributed by atoms with Crippen LogP contribution in [-0.4, -0.2) is 20.2 Å². The van der Waals surface area contributed by atoms with Gasteiger partial charge in [0.1, 0.15) is 5.75 Å². The Bertz CT molecular complexity index is 561. The van der Waals surface area contributed by atoms with Gasteiger partial charge in [0.05, 0.1) is 20.1 Å². The summed E-state index contributed by atoms with van der Waals surface area (Å²) in [4.78, 5) is 12.2. The number of methoxy groups -OCH3 is 2. The van der Waals surface area contributed by atoms with Crippen molar-refractivity contribution in [3.05, 3.63) is 29.8 Å². The molecular weight excluding hydrogens is 276 g/mol. The maximum atomic E-state index is 12.2. The Morgan fingerprint density at radius 3 is 2.23 bits per heavy atom. The van der Waals surface area contributed by atoms with Crippen LogP contribution in [-0.2, 0) is 14.9 Å². The fourth-order valence-corrected chi connectivity index (χ4v) is 5.84. The first-order chi connectivity index (χ1) is 10.6. The molecule has 1 aromatic rings. The first-order valence-electron chi connectivity index (χ1n) is 8.37. The Kier molecular flexibility index (Phi) is 3.21. The van der Waals surface area contributed by atoms with Gasteiger partial charge in [-0.25, -0.2) is 0 Å². The largest absolute Gasteiger partial charge is 0.497 e. The summed E-state index contributed by atoms with van der Waals surface area (Å²) >= 11 is 0. The molecule has 0 saturated heterocycles. The van der Waals surface area contributed by atoms with Gasteiger partial charge in [0.15, 0.2) is 0 Å². The van der Waals surface area contributed by atoms with E-state index in [-0.39, 0.29) is 17.3 Å². The van der Waals surface area contributed by atoms with Crippen molar-refractivity contribution in [2.75, 3.05) is 14.2 Å². The van der Waals surface area contributed by atoms with Crippen LogP contribution in [0.15, 0.2) is 24.3 Å². The van der Waals surface area contributed by atoms with Crippen molar-refractivity contribution < 1.29 is 14.3 Å². The molecule has 4 bridgehead atoms. The number of hydrogen-bond acceptors (Lipinski definition) is 3. The lowest BCUT2D eigenvalue weighted by atomic mass is 9.45. The highest BCUT2D eigenvalue weighted by atomic mass is 16.5. The fraction of sp³-hybridized carbons (Fsp3) is 0.632. The van der Waals surface area contributed by atoms with E-state index in [2.05, 4.69) is 24.3 Å². The highest BCUT2D eigenvalue weighted by molar-refractivity contribution is 5.73. The number of carbonyl (C=O) groups excluding carboxylic acids is 1. The molecular formula is C19H24O3. The van der Waals surface area contributed by atoms with Crippen molar-refractivity contribution in [2.45, 2.75) is 37.5 Å². The number of benzene rings is 1. The van der Waals surface area contributed by atoms with Crippen molar-refractivity contribution in [3.63, 3.8) is 0 Å². The molecule has 4 fully saturated rings. The van der Waals surface area contributed by atoms with Crippen molar-refractivity contribution in [3.8, 4) is 5.75 Å². The van der Waals surface area contributed by atoms with Gasteiger partial charge in [-0.05, 0) is 73.0 Å². The van der Waals surface area contributed by atoms with Crippen LogP contribution >= 0.6 is 0 Å². The molecule has 3 nitrogen and oxygen atoms in total. The predicted molar refractivity (Wildman–Crippen MR) is 83.7 cm³/mol. The van der Waals surface area contributed by atoms with Crippen LogP contribution < -0.4 is 4.74 Å². The van der Waals surface area contributed by atoms with E-state index in [4.69, 9.17) is 9.47 Å². The normalized spacial score (nSPS) is 38.8. The van der Waals surface area contributed by atoms with E-state index in [1.54, 1.807) is 7.11 Å². The molecule has 2 atom stereocenters. The molecule has 2 unspecified atom stereocenters. The maximum Gasteiger partial charge on any atom is 0.309 e. The zero-order valence-corrected chi connectivity index (χ0v) is 13.4. The van der Waals surface area contributed by atoms with Gasteiger partial charge in [-0.3, -0.25) is 4.79 Å². The molecule has 5 rings (SSSR count). The van der Waals surface area contributed by atoms with Crippen LogP contribution in [0.5, 0.6) is 5.75 Å². The summed E-state index contributed by atoms with van der Waals surface area (Å²) in [6, 6.07) is 8.62. The summed E-state index contributed by atoms with van der Waals surface area (Å²) in [5, 5.41) is 0. The number of ether oxygens (including phenoxy) is 2. The summed E-state index contributed by atoms with van der Waals surface area (Å²) in [5.41, 5.74) is 1.73. The Hall–Kier alpha value is -1.51. The minimum Gasteiger partial charge on any atom is -0.497 e. The van der Waals surface area contributed by atoms with Crippen LogP contribution in [0.3, 0.4) is 0 Å². The van der Waals surface area contributed by atoms with E-state index < -0.39 is 0 Å². The van der Waals surface area contributed by atoms with Gasteiger partial charge in [-0.1, -0.05) is 12.1 Å². The minimum absolute atomic E-state index is 0.0266. The van der Waals surface area contributed by atoms with E-state index in [9.17, 15) is 4.79 Å². The molecule has 0 heterocycles. The summed E-state index contributed by atoms with van der Waals surface area (Å²) in [6.45, 7) is 0. The fourth-order valence-electron chi connectivity index (χ4n) is 5.84. The molecule has 118 valence electrons. The Morgan fingerprint density at radius 1 is 1.05 bits per heavy atom. The smallest absolute Gasteiger partial charge is 0.309 e. The molecule has 0 aliphatic heterocycles. The average molecular weight is 300 g/mol. The second kappa shape index (κ2) is 5.00. The molecule has 0 radical (unpaired) electrons. The lowest BCUT2D eigenvalue weighted by Gasteiger charge is -2.59. The molecule has 4 aliphatic carbocycles. The third-order valence-electron chi connectivity index (χ3n) is 6.45. The van der Waals surface area contributed by atoms with Gasteiger partial charge in [0.25, 0.3) is 0 Å². The molecule has 0 N–H and O–H groups in total. The highest BCUT2D eigenvalue weighted by Gasteiger charge is 2.57. The number of rotatable bonds is 3. The molecule has 3 heteroatoms. The third-order valence-corrected chi connectivity index (χ3v) is 6.45. The van der Waals surface area contributed by atoms with Crippen LogP contribution in [0.4, 0.5) is 0 Å². The molecule has 22 heavy (non-hydrogen) atoms. The first kappa shape index (κ1) is 14.1. The quantitative estimate of drug-likeness (QED) is 0.801.